The largest absolute Gasteiger partial charge is 0.488 e. The normalized spacial score (nSPS) is 18.5. The predicted molar refractivity (Wildman–Crippen MR) is 82.8 cm³/mol. The minimum absolute atomic E-state index is 0.0613. The average Bonchev–Trinajstić information content (AvgIpc) is 2.94. The van der Waals surface area contributed by atoms with Crippen LogP contribution in [0.5, 0.6) is 5.75 Å². The molecular formula is C16H18N2O2S. The maximum atomic E-state index is 12.5. The van der Waals surface area contributed by atoms with E-state index in [1.807, 2.05) is 35.4 Å². The molecule has 0 bridgehead atoms. The van der Waals surface area contributed by atoms with Gasteiger partial charge < -0.3 is 9.64 Å². The molecule has 0 aliphatic carbocycles. The summed E-state index contributed by atoms with van der Waals surface area (Å²) in [6, 6.07) is 5.66. The molecule has 1 aliphatic rings. The van der Waals surface area contributed by atoms with E-state index < -0.39 is 0 Å². The fourth-order valence-electron chi connectivity index (χ4n) is 2.53. The van der Waals surface area contributed by atoms with E-state index in [1.54, 1.807) is 12.4 Å². The molecule has 1 aliphatic heterocycles. The minimum Gasteiger partial charge on any atom is -0.488 e. The van der Waals surface area contributed by atoms with Gasteiger partial charge in [0.2, 0.25) is 0 Å². The number of carbonyl (C=O) groups excluding carboxylic acids is 1. The van der Waals surface area contributed by atoms with Crippen LogP contribution < -0.4 is 4.74 Å². The van der Waals surface area contributed by atoms with Gasteiger partial charge in [0, 0.05) is 18.9 Å². The lowest BCUT2D eigenvalue weighted by Gasteiger charge is -2.32. The Hall–Kier alpha value is -1.88. The van der Waals surface area contributed by atoms with Crippen LogP contribution in [-0.2, 0) is 0 Å². The van der Waals surface area contributed by atoms with Crippen molar-refractivity contribution < 1.29 is 9.53 Å². The third kappa shape index (κ3) is 3.42. The third-order valence-corrected chi connectivity index (χ3v) is 4.60. The number of carbonyl (C=O) groups is 1. The van der Waals surface area contributed by atoms with Crippen molar-refractivity contribution in [3.8, 4) is 5.75 Å². The summed E-state index contributed by atoms with van der Waals surface area (Å²) >= 11 is 1.52. The Morgan fingerprint density at radius 3 is 2.95 bits per heavy atom. The van der Waals surface area contributed by atoms with Gasteiger partial charge in [0.1, 0.15) is 11.9 Å². The Morgan fingerprint density at radius 2 is 2.24 bits per heavy atom. The van der Waals surface area contributed by atoms with Crippen molar-refractivity contribution in [2.45, 2.75) is 25.9 Å². The fourth-order valence-corrected chi connectivity index (χ4v) is 3.39. The molecule has 3 heterocycles. The number of ether oxygens (including phenoxy) is 1. The topological polar surface area (TPSA) is 42.4 Å². The second kappa shape index (κ2) is 6.26. The molecule has 5 heteroatoms. The molecule has 0 saturated carbocycles. The smallest absolute Gasteiger partial charge is 0.264 e. The Kier molecular flexibility index (Phi) is 4.20. The number of aromatic nitrogens is 1. The molecule has 3 rings (SSSR count). The van der Waals surface area contributed by atoms with Gasteiger partial charge in [-0.15, -0.1) is 11.3 Å². The van der Waals surface area contributed by atoms with Gasteiger partial charge in [0.25, 0.3) is 5.91 Å². The first-order valence-corrected chi connectivity index (χ1v) is 8.01. The lowest BCUT2D eigenvalue weighted by atomic mass is 10.1. The van der Waals surface area contributed by atoms with Gasteiger partial charge in [0.05, 0.1) is 11.4 Å². The SMILES string of the molecule is Cc1csc(C(=O)N2CCCC(Oc3ccncc3)C2)c1. The molecule has 1 amide bonds. The summed E-state index contributed by atoms with van der Waals surface area (Å²) in [7, 11) is 0. The van der Waals surface area contributed by atoms with Gasteiger partial charge in [0.15, 0.2) is 0 Å². The molecule has 2 aromatic heterocycles. The lowest BCUT2D eigenvalue weighted by molar-refractivity contribution is 0.0542. The summed E-state index contributed by atoms with van der Waals surface area (Å²) in [4.78, 5) is 19.2. The highest BCUT2D eigenvalue weighted by Gasteiger charge is 2.26. The first-order valence-electron chi connectivity index (χ1n) is 7.13. The molecule has 1 saturated heterocycles. The summed E-state index contributed by atoms with van der Waals surface area (Å²) in [5, 5.41) is 2.02. The van der Waals surface area contributed by atoms with Crippen LogP contribution in [0.1, 0.15) is 28.1 Å². The molecule has 4 nitrogen and oxygen atoms in total. The number of rotatable bonds is 3. The molecule has 1 unspecified atom stereocenters. The van der Waals surface area contributed by atoms with Gasteiger partial charge in [-0.25, -0.2) is 0 Å². The molecule has 0 N–H and O–H groups in total. The summed E-state index contributed by atoms with van der Waals surface area (Å²) in [5.74, 6) is 0.937. The van der Waals surface area contributed by atoms with Crippen molar-refractivity contribution in [1.82, 2.24) is 9.88 Å². The molecular weight excluding hydrogens is 284 g/mol. The van der Waals surface area contributed by atoms with Crippen LogP contribution in [0.4, 0.5) is 0 Å². The van der Waals surface area contributed by atoms with Crippen LogP contribution in [0.3, 0.4) is 0 Å². The van der Waals surface area contributed by atoms with Crippen LogP contribution in [0.2, 0.25) is 0 Å². The Labute approximate surface area is 128 Å². The van der Waals surface area contributed by atoms with Gasteiger partial charge in [-0.2, -0.15) is 0 Å². The number of hydrogen-bond acceptors (Lipinski definition) is 4. The van der Waals surface area contributed by atoms with E-state index in [4.69, 9.17) is 4.74 Å². The van der Waals surface area contributed by atoms with E-state index in [-0.39, 0.29) is 12.0 Å². The lowest BCUT2D eigenvalue weighted by Crippen LogP contribution is -2.44. The molecule has 110 valence electrons. The zero-order valence-electron chi connectivity index (χ0n) is 12.0. The summed E-state index contributed by atoms with van der Waals surface area (Å²) in [6.45, 7) is 3.48. The number of likely N-dealkylation sites (tertiary alicyclic amines) is 1. The van der Waals surface area contributed by atoms with Gasteiger partial charge in [-0.1, -0.05) is 0 Å². The zero-order valence-corrected chi connectivity index (χ0v) is 12.8. The van der Waals surface area contributed by atoms with Crippen LogP contribution in [0.15, 0.2) is 36.0 Å². The van der Waals surface area contributed by atoms with E-state index in [9.17, 15) is 4.79 Å². The van der Waals surface area contributed by atoms with E-state index in [0.29, 0.717) is 6.54 Å². The fraction of sp³-hybridized carbons (Fsp3) is 0.375. The predicted octanol–water partition coefficient (Wildman–Crippen LogP) is 3.14. The third-order valence-electron chi connectivity index (χ3n) is 3.56. The maximum Gasteiger partial charge on any atom is 0.264 e. The summed E-state index contributed by atoms with van der Waals surface area (Å²) < 4.78 is 5.95. The minimum atomic E-state index is 0.0613. The standard InChI is InChI=1S/C16H18N2O2S/c1-12-9-15(21-11-12)16(19)18-8-2-3-14(10-18)20-13-4-6-17-7-5-13/h4-7,9,11,14H,2-3,8,10H2,1H3. The van der Waals surface area contributed by atoms with Crippen molar-refractivity contribution in [3.05, 3.63) is 46.4 Å². The number of pyridine rings is 1. The van der Waals surface area contributed by atoms with Crippen molar-refractivity contribution in [1.29, 1.82) is 0 Å². The number of hydrogen-bond donors (Lipinski definition) is 0. The first kappa shape index (κ1) is 14.1. The molecule has 1 fully saturated rings. The van der Waals surface area contributed by atoms with Gasteiger partial charge in [-0.05, 0) is 48.9 Å². The molecule has 0 aromatic carbocycles. The average molecular weight is 302 g/mol. The van der Waals surface area contributed by atoms with E-state index in [1.165, 1.54) is 11.3 Å². The highest BCUT2D eigenvalue weighted by atomic mass is 32.1. The Morgan fingerprint density at radius 1 is 1.43 bits per heavy atom. The molecule has 21 heavy (non-hydrogen) atoms. The van der Waals surface area contributed by atoms with Crippen molar-refractivity contribution >= 4 is 17.2 Å². The number of thiophene rings is 1. The monoisotopic (exact) mass is 302 g/mol. The second-order valence-corrected chi connectivity index (χ2v) is 6.22. The van der Waals surface area contributed by atoms with Gasteiger partial charge in [-0.3, -0.25) is 9.78 Å². The van der Waals surface area contributed by atoms with Crippen LogP contribution in [0.25, 0.3) is 0 Å². The molecule has 0 spiro atoms. The van der Waals surface area contributed by atoms with Crippen molar-refractivity contribution in [2.75, 3.05) is 13.1 Å². The second-order valence-electron chi connectivity index (χ2n) is 5.30. The van der Waals surface area contributed by atoms with E-state index in [0.717, 1.165) is 35.6 Å². The highest BCUT2D eigenvalue weighted by molar-refractivity contribution is 7.12. The quantitative estimate of drug-likeness (QED) is 0.875. The van der Waals surface area contributed by atoms with Crippen molar-refractivity contribution in [3.63, 3.8) is 0 Å². The van der Waals surface area contributed by atoms with Crippen LogP contribution >= 0.6 is 11.3 Å². The number of piperidine rings is 1. The Bertz CT molecular complexity index is 612. The highest BCUT2D eigenvalue weighted by Crippen LogP contribution is 2.21. The molecule has 0 radical (unpaired) electrons. The molecule has 2 aromatic rings. The van der Waals surface area contributed by atoms with E-state index >= 15 is 0 Å². The summed E-state index contributed by atoms with van der Waals surface area (Å²) in [6.07, 6.45) is 5.46. The van der Waals surface area contributed by atoms with Crippen LogP contribution in [0, 0.1) is 6.92 Å². The Balaban J connectivity index is 1.64. The maximum absolute atomic E-state index is 12.5. The van der Waals surface area contributed by atoms with Gasteiger partial charge >= 0.3 is 0 Å². The zero-order chi connectivity index (χ0) is 14.7. The molecule has 1 atom stereocenters. The van der Waals surface area contributed by atoms with Crippen LogP contribution in [-0.4, -0.2) is 35.0 Å². The number of nitrogens with zero attached hydrogens (tertiary/aromatic N) is 2. The first-order chi connectivity index (χ1) is 10.2. The summed E-state index contributed by atoms with van der Waals surface area (Å²) in [5.41, 5.74) is 1.14. The number of aryl methyl sites for hydroxylation is 1. The van der Waals surface area contributed by atoms with Crippen molar-refractivity contribution in [2.24, 2.45) is 0 Å². The van der Waals surface area contributed by atoms with E-state index in [2.05, 4.69) is 4.98 Å². The number of amides is 1.